The molecule has 4 atom stereocenters. The third-order valence-corrected chi connectivity index (χ3v) is 9.93. The van der Waals surface area contributed by atoms with E-state index < -0.39 is 11.6 Å². The Morgan fingerprint density at radius 1 is 1.03 bits per heavy atom. The Hall–Kier alpha value is -2.19. The third-order valence-electron chi connectivity index (χ3n) is 7.97. The molecular formula is C29H36NO4S2+. The van der Waals surface area contributed by atoms with Gasteiger partial charge in [-0.1, -0.05) is 30.3 Å². The van der Waals surface area contributed by atoms with Gasteiger partial charge in [-0.25, -0.2) is 4.79 Å². The number of rotatable bonds is 11. The smallest absolute Gasteiger partial charge is 0.349 e. The van der Waals surface area contributed by atoms with E-state index in [0.29, 0.717) is 34.1 Å². The number of hydrogen-bond acceptors (Lipinski definition) is 6. The molecular weight excluding hydrogens is 490 g/mol. The maximum absolute atomic E-state index is 13.5. The highest BCUT2D eigenvalue weighted by Crippen LogP contribution is 2.52. The van der Waals surface area contributed by atoms with Crippen molar-refractivity contribution >= 4 is 28.6 Å². The lowest BCUT2D eigenvalue weighted by molar-refractivity contribution is -0.894. The molecule has 0 spiro atoms. The number of nitrogens with zero attached hydrogens (tertiary/aromatic N) is 1. The molecule has 5 nitrogen and oxygen atoms in total. The molecule has 2 saturated carbocycles. The van der Waals surface area contributed by atoms with E-state index in [1.54, 1.807) is 0 Å². The standard InChI is InChI=1S/C29H36NO4S2/c1-30(2,15-8-16-33-22-9-4-3-5-10-22)20-24-21-13-14-23(24)25(19-21)34-28(31)29(32,26-11-6-17-35-26)27-12-7-18-36-27/h3-7,9-12,17-18,21,23-25,32H,8,13-16,19-20H2,1-2H3/q+1. The van der Waals surface area contributed by atoms with Crippen molar-refractivity contribution in [2.45, 2.75) is 37.4 Å². The van der Waals surface area contributed by atoms with E-state index in [0.717, 1.165) is 42.6 Å². The number of para-hydroxylation sites is 1. The topological polar surface area (TPSA) is 55.8 Å². The average Bonchev–Trinajstić information content (AvgIpc) is 3.68. The first-order valence-electron chi connectivity index (χ1n) is 12.9. The van der Waals surface area contributed by atoms with Gasteiger partial charge < -0.3 is 19.1 Å². The number of ether oxygens (including phenoxy) is 2. The largest absolute Gasteiger partial charge is 0.493 e. The Labute approximate surface area is 221 Å². The van der Waals surface area contributed by atoms with Crippen LogP contribution in [0, 0.1) is 17.8 Å². The highest BCUT2D eigenvalue weighted by Gasteiger charge is 2.54. The summed E-state index contributed by atoms with van der Waals surface area (Å²) >= 11 is 2.78. The Balaban J connectivity index is 1.19. The predicted molar refractivity (Wildman–Crippen MR) is 144 cm³/mol. The second-order valence-corrected chi connectivity index (χ2v) is 12.8. The molecule has 3 aromatic rings. The van der Waals surface area contributed by atoms with Crippen LogP contribution in [0.3, 0.4) is 0 Å². The summed E-state index contributed by atoms with van der Waals surface area (Å²) in [5, 5.41) is 15.4. The number of benzene rings is 1. The first kappa shape index (κ1) is 25.5. The van der Waals surface area contributed by atoms with Crippen molar-refractivity contribution in [2.24, 2.45) is 17.8 Å². The van der Waals surface area contributed by atoms with Crippen molar-refractivity contribution in [3.63, 3.8) is 0 Å². The van der Waals surface area contributed by atoms with Crippen molar-refractivity contribution < 1.29 is 23.9 Å². The number of esters is 1. The van der Waals surface area contributed by atoms with Gasteiger partial charge in [0.25, 0.3) is 0 Å². The summed E-state index contributed by atoms with van der Waals surface area (Å²) in [7, 11) is 4.60. The van der Waals surface area contributed by atoms with Crippen LogP contribution in [0.5, 0.6) is 5.75 Å². The quantitative estimate of drug-likeness (QED) is 0.202. The minimum Gasteiger partial charge on any atom is -0.493 e. The lowest BCUT2D eigenvalue weighted by Crippen LogP contribution is -2.46. The molecule has 5 rings (SSSR count). The maximum atomic E-state index is 13.5. The van der Waals surface area contributed by atoms with Crippen LogP contribution in [-0.4, -0.2) is 55.5 Å². The molecule has 192 valence electrons. The second kappa shape index (κ2) is 10.7. The highest BCUT2D eigenvalue weighted by molar-refractivity contribution is 7.12. The average molecular weight is 527 g/mol. The molecule has 1 N–H and O–H groups in total. The Morgan fingerprint density at radius 3 is 2.36 bits per heavy atom. The molecule has 2 bridgehead atoms. The van der Waals surface area contributed by atoms with Crippen LogP contribution in [-0.2, 0) is 15.1 Å². The van der Waals surface area contributed by atoms with Crippen LogP contribution < -0.4 is 4.74 Å². The predicted octanol–water partition coefficient (Wildman–Crippen LogP) is 5.55. The maximum Gasteiger partial charge on any atom is 0.349 e. The zero-order valence-electron chi connectivity index (χ0n) is 21.0. The molecule has 2 heterocycles. The number of carbonyl (C=O) groups is 1. The molecule has 2 aliphatic carbocycles. The molecule has 2 fully saturated rings. The van der Waals surface area contributed by atoms with Gasteiger partial charge >= 0.3 is 5.97 Å². The van der Waals surface area contributed by atoms with Gasteiger partial charge in [0.1, 0.15) is 11.9 Å². The van der Waals surface area contributed by atoms with Gasteiger partial charge in [0.05, 0.1) is 43.5 Å². The van der Waals surface area contributed by atoms with Gasteiger partial charge in [-0.05, 0) is 60.2 Å². The van der Waals surface area contributed by atoms with Gasteiger partial charge in [-0.2, -0.15) is 0 Å². The highest BCUT2D eigenvalue weighted by atomic mass is 32.1. The van der Waals surface area contributed by atoms with Crippen LogP contribution in [0.15, 0.2) is 65.4 Å². The lowest BCUT2D eigenvalue weighted by atomic mass is 9.95. The second-order valence-electron chi connectivity index (χ2n) is 10.9. The number of fused-ring (bicyclic) bond motifs is 2. The Kier molecular flexibility index (Phi) is 7.54. The summed E-state index contributed by atoms with van der Waals surface area (Å²) in [6.07, 6.45) is 4.09. The summed E-state index contributed by atoms with van der Waals surface area (Å²) in [5.41, 5.74) is -1.73. The molecule has 0 radical (unpaired) electrons. The molecule has 0 saturated heterocycles. The minimum atomic E-state index is -1.73. The number of quaternary nitrogens is 1. The number of aliphatic hydroxyl groups is 1. The van der Waals surface area contributed by atoms with Gasteiger partial charge in [-0.15, -0.1) is 22.7 Å². The zero-order valence-corrected chi connectivity index (χ0v) is 22.7. The molecule has 0 aliphatic heterocycles. The zero-order chi connectivity index (χ0) is 25.2. The number of thiophene rings is 2. The molecule has 1 aromatic carbocycles. The van der Waals surface area contributed by atoms with Crippen molar-refractivity contribution in [3.05, 3.63) is 75.1 Å². The molecule has 7 heteroatoms. The van der Waals surface area contributed by atoms with Crippen molar-refractivity contribution in [3.8, 4) is 5.75 Å². The van der Waals surface area contributed by atoms with E-state index in [4.69, 9.17) is 9.47 Å². The number of carbonyl (C=O) groups excluding carboxylic acids is 1. The molecule has 2 aromatic heterocycles. The summed E-state index contributed by atoms with van der Waals surface area (Å²) in [4.78, 5) is 14.7. The van der Waals surface area contributed by atoms with Crippen molar-refractivity contribution in [1.29, 1.82) is 0 Å². The van der Waals surface area contributed by atoms with Crippen molar-refractivity contribution in [1.82, 2.24) is 0 Å². The van der Waals surface area contributed by atoms with Gasteiger partial charge in [0, 0.05) is 18.3 Å². The summed E-state index contributed by atoms with van der Waals surface area (Å²) in [5.74, 6) is 1.89. The summed E-state index contributed by atoms with van der Waals surface area (Å²) in [6, 6.07) is 17.3. The Morgan fingerprint density at radius 2 is 1.72 bits per heavy atom. The molecule has 36 heavy (non-hydrogen) atoms. The molecule has 0 amide bonds. The van der Waals surface area contributed by atoms with E-state index in [9.17, 15) is 9.90 Å². The number of hydrogen-bond donors (Lipinski definition) is 1. The van der Waals surface area contributed by atoms with Crippen LogP contribution >= 0.6 is 22.7 Å². The van der Waals surface area contributed by atoms with E-state index in [2.05, 4.69) is 14.1 Å². The third kappa shape index (κ3) is 5.25. The van der Waals surface area contributed by atoms with E-state index in [1.807, 2.05) is 65.4 Å². The molecule has 2 aliphatic rings. The lowest BCUT2D eigenvalue weighted by Gasteiger charge is -2.34. The van der Waals surface area contributed by atoms with Gasteiger partial charge in [-0.3, -0.25) is 0 Å². The van der Waals surface area contributed by atoms with E-state index in [-0.39, 0.29) is 6.10 Å². The van der Waals surface area contributed by atoms with Crippen LogP contribution in [0.2, 0.25) is 0 Å². The molecule has 4 unspecified atom stereocenters. The SMILES string of the molecule is C[N+](C)(CCCOc1ccccc1)CC1C2CCC1C(OC(=O)C(O)(c1cccs1)c1cccs1)C2. The summed E-state index contributed by atoms with van der Waals surface area (Å²) < 4.78 is 13.0. The van der Waals surface area contributed by atoms with Crippen LogP contribution in [0.1, 0.15) is 35.4 Å². The first-order valence-corrected chi connectivity index (χ1v) is 14.6. The fourth-order valence-electron chi connectivity index (χ4n) is 6.21. The van der Waals surface area contributed by atoms with Crippen LogP contribution in [0.4, 0.5) is 0 Å². The first-order chi connectivity index (χ1) is 17.4. The van der Waals surface area contributed by atoms with Gasteiger partial charge in [0.2, 0.25) is 5.60 Å². The van der Waals surface area contributed by atoms with Crippen molar-refractivity contribution in [2.75, 3.05) is 33.8 Å². The van der Waals surface area contributed by atoms with Gasteiger partial charge in [0.15, 0.2) is 0 Å². The monoisotopic (exact) mass is 526 g/mol. The van der Waals surface area contributed by atoms with E-state index in [1.165, 1.54) is 29.1 Å². The normalized spacial score (nSPS) is 23.6. The fourth-order valence-corrected chi connectivity index (χ4v) is 7.92. The Bertz CT molecular complexity index is 1080. The van der Waals surface area contributed by atoms with Crippen LogP contribution in [0.25, 0.3) is 0 Å². The summed E-state index contributed by atoms with van der Waals surface area (Å²) in [6.45, 7) is 2.84. The fraction of sp³-hybridized carbons (Fsp3) is 0.483. The minimum absolute atomic E-state index is 0.117. The van der Waals surface area contributed by atoms with E-state index >= 15 is 0 Å².